The zero-order chi connectivity index (χ0) is 14.7. The predicted molar refractivity (Wildman–Crippen MR) is 87.9 cm³/mol. The molecule has 2 unspecified atom stereocenters. The van der Waals surface area contributed by atoms with Crippen LogP contribution in [0.2, 0.25) is 0 Å². The molecule has 116 valence electrons. The second-order valence-corrected chi connectivity index (χ2v) is 6.62. The highest BCUT2D eigenvalue weighted by molar-refractivity contribution is 5.61. The molecule has 3 nitrogen and oxygen atoms in total. The van der Waals surface area contributed by atoms with Crippen LogP contribution in [0.1, 0.15) is 45.4 Å². The largest absolute Gasteiger partial charge is 0.491 e. The second kappa shape index (κ2) is 6.27. The van der Waals surface area contributed by atoms with Gasteiger partial charge < -0.3 is 15.4 Å². The van der Waals surface area contributed by atoms with Crippen molar-refractivity contribution in [1.82, 2.24) is 0 Å². The Balaban J connectivity index is 1.96. The molecule has 0 aromatic heterocycles. The van der Waals surface area contributed by atoms with Gasteiger partial charge in [0.1, 0.15) is 5.75 Å². The third kappa shape index (κ3) is 2.76. The van der Waals surface area contributed by atoms with Gasteiger partial charge in [-0.25, -0.2) is 0 Å². The average Bonchev–Trinajstić information content (AvgIpc) is 2.77. The lowest BCUT2D eigenvalue weighted by Gasteiger charge is -2.49. The molecule has 1 aliphatic heterocycles. The first-order chi connectivity index (χ1) is 10.3. The van der Waals surface area contributed by atoms with Crippen LogP contribution < -0.4 is 15.4 Å². The van der Waals surface area contributed by atoms with E-state index in [1.807, 2.05) is 0 Å². The van der Waals surface area contributed by atoms with Crippen molar-refractivity contribution in [3.63, 3.8) is 0 Å². The Labute approximate surface area is 128 Å². The summed E-state index contributed by atoms with van der Waals surface area (Å²) in [6.07, 6.45) is 7.46. The third-order valence-electron chi connectivity index (χ3n) is 5.39. The summed E-state index contributed by atoms with van der Waals surface area (Å²) in [5, 5.41) is 0. The molecule has 0 spiro atoms. The standard InChI is InChI=1S/C18H28N2O/c1-2-15-7-5-10-18(13-15,14-19)20-11-6-12-21-17-9-4-3-8-16(17)20/h3-4,8-9,15H,2,5-7,10-14,19H2,1H3. The summed E-state index contributed by atoms with van der Waals surface area (Å²) >= 11 is 0. The highest BCUT2D eigenvalue weighted by Gasteiger charge is 2.41. The van der Waals surface area contributed by atoms with Crippen LogP contribution in [0.5, 0.6) is 5.75 Å². The first-order valence-corrected chi connectivity index (χ1v) is 8.48. The number of benzene rings is 1. The van der Waals surface area contributed by atoms with Gasteiger partial charge in [-0.1, -0.05) is 38.3 Å². The van der Waals surface area contributed by atoms with E-state index in [1.54, 1.807) is 0 Å². The van der Waals surface area contributed by atoms with E-state index in [2.05, 4.69) is 36.1 Å². The summed E-state index contributed by atoms with van der Waals surface area (Å²) in [6, 6.07) is 8.48. The molecule has 2 atom stereocenters. The Hall–Kier alpha value is -1.22. The lowest BCUT2D eigenvalue weighted by atomic mass is 9.73. The van der Waals surface area contributed by atoms with Crippen molar-refractivity contribution in [3.8, 4) is 5.75 Å². The van der Waals surface area contributed by atoms with Crippen LogP contribution in [0, 0.1) is 5.92 Å². The fourth-order valence-electron chi connectivity index (χ4n) is 4.17. The maximum absolute atomic E-state index is 6.31. The minimum absolute atomic E-state index is 0.128. The SMILES string of the molecule is CCC1CCCC(CN)(N2CCCOc3ccccc32)C1. The molecule has 0 amide bonds. The number of rotatable bonds is 3. The fourth-order valence-corrected chi connectivity index (χ4v) is 4.17. The van der Waals surface area contributed by atoms with Gasteiger partial charge in [-0.2, -0.15) is 0 Å². The van der Waals surface area contributed by atoms with E-state index in [-0.39, 0.29) is 5.54 Å². The quantitative estimate of drug-likeness (QED) is 0.924. The van der Waals surface area contributed by atoms with Crippen molar-refractivity contribution in [2.45, 2.75) is 51.0 Å². The van der Waals surface area contributed by atoms with Crippen LogP contribution >= 0.6 is 0 Å². The van der Waals surface area contributed by atoms with E-state index in [9.17, 15) is 0 Å². The first-order valence-electron chi connectivity index (χ1n) is 8.48. The van der Waals surface area contributed by atoms with Gasteiger partial charge in [0.15, 0.2) is 0 Å². The molecule has 21 heavy (non-hydrogen) atoms. The zero-order valence-electron chi connectivity index (χ0n) is 13.2. The van der Waals surface area contributed by atoms with Crippen molar-refractivity contribution >= 4 is 5.69 Å². The molecule has 0 saturated heterocycles. The number of nitrogens with two attached hydrogens (primary N) is 1. The summed E-state index contributed by atoms with van der Waals surface area (Å²) in [5.74, 6) is 1.85. The molecule has 1 aliphatic carbocycles. The fraction of sp³-hybridized carbons (Fsp3) is 0.667. The summed E-state index contributed by atoms with van der Waals surface area (Å²) in [4.78, 5) is 2.58. The molecule has 3 rings (SSSR count). The van der Waals surface area contributed by atoms with E-state index in [1.165, 1.54) is 37.8 Å². The molecule has 1 heterocycles. The number of anilines is 1. The van der Waals surface area contributed by atoms with Crippen molar-refractivity contribution in [1.29, 1.82) is 0 Å². The van der Waals surface area contributed by atoms with Gasteiger partial charge in [0.25, 0.3) is 0 Å². The zero-order valence-corrected chi connectivity index (χ0v) is 13.2. The van der Waals surface area contributed by atoms with Gasteiger partial charge in [-0.05, 0) is 37.3 Å². The van der Waals surface area contributed by atoms with Crippen LogP contribution in [0.4, 0.5) is 5.69 Å². The third-order valence-corrected chi connectivity index (χ3v) is 5.39. The number of para-hydroxylation sites is 2. The monoisotopic (exact) mass is 288 g/mol. The average molecular weight is 288 g/mol. The molecule has 1 fully saturated rings. The molecule has 0 radical (unpaired) electrons. The second-order valence-electron chi connectivity index (χ2n) is 6.62. The number of hydrogen-bond donors (Lipinski definition) is 1. The lowest BCUT2D eigenvalue weighted by Crippen LogP contribution is -2.57. The van der Waals surface area contributed by atoms with Gasteiger partial charge >= 0.3 is 0 Å². The maximum Gasteiger partial charge on any atom is 0.142 e. The Kier molecular flexibility index (Phi) is 4.39. The summed E-state index contributed by atoms with van der Waals surface area (Å²) in [6.45, 7) is 4.94. The van der Waals surface area contributed by atoms with Crippen molar-refractivity contribution in [3.05, 3.63) is 24.3 Å². The highest BCUT2D eigenvalue weighted by Crippen LogP contribution is 2.43. The summed E-state index contributed by atoms with van der Waals surface area (Å²) < 4.78 is 5.93. The van der Waals surface area contributed by atoms with Crippen LogP contribution in [-0.4, -0.2) is 25.2 Å². The Morgan fingerprint density at radius 2 is 2.19 bits per heavy atom. The molecule has 3 heteroatoms. The summed E-state index contributed by atoms with van der Waals surface area (Å²) in [5.41, 5.74) is 7.69. The van der Waals surface area contributed by atoms with E-state index in [0.717, 1.165) is 37.8 Å². The molecule has 1 aromatic rings. The van der Waals surface area contributed by atoms with Crippen LogP contribution in [0.15, 0.2) is 24.3 Å². The topological polar surface area (TPSA) is 38.5 Å². The van der Waals surface area contributed by atoms with Gasteiger partial charge in [-0.15, -0.1) is 0 Å². The van der Waals surface area contributed by atoms with Gasteiger partial charge in [0.2, 0.25) is 0 Å². The van der Waals surface area contributed by atoms with Gasteiger partial charge in [0.05, 0.1) is 17.8 Å². The first kappa shape index (κ1) is 14.7. The van der Waals surface area contributed by atoms with E-state index < -0.39 is 0 Å². The minimum atomic E-state index is 0.128. The number of ether oxygens (including phenoxy) is 1. The molecule has 1 saturated carbocycles. The minimum Gasteiger partial charge on any atom is -0.491 e. The van der Waals surface area contributed by atoms with Crippen LogP contribution in [-0.2, 0) is 0 Å². The molecule has 1 aromatic carbocycles. The van der Waals surface area contributed by atoms with Gasteiger partial charge in [-0.3, -0.25) is 0 Å². The van der Waals surface area contributed by atoms with Crippen molar-refractivity contribution in [2.75, 3.05) is 24.6 Å². The maximum atomic E-state index is 6.31. The lowest BCUT2D eigenvalue weighted by molar-refractivity contribution is 0.211. The van der Waals surface area contributed by atoms with Crippen molar-refractivity contribution in [2.24, 2.45) is 11.7 Å². The smallest absolute Gasteiger partial charge is 0.142 e. The molecule has 2 aliphatic rings. The number of hydrogen-bond acceptors (Lipinski definition) is 3. The normalized spacial score (nSPS) is 29.4. The Morgan fingerprint density at radius 3 is 3.00 bits per heavy atom. The van der Waals surface area contributed by atoms with Gasteiger partial charge in [0, 0.05) is 13.1 Å². The highest BCUT2D eigenvalue weighted by atomic mass is 16.5. The number of nitrogens with zero attached hydrogens (tertiary/aromatic N) is 1. The van der Waals surface area contributed by atoms with E-state index in [0.29, 0.717) is 0 Å². The van der Waals surface area contributed by atoms with Crippen LogP contribution in [0.3, 0.4) is 0 Å². The molecular formula is C18H28N2O. The van der Waals surface area contributed by atoms with Crippen LogP contribution in [0.25, 0.3) is 0 Å². The van der Waals surface area contributed by atoms with E-state index in [4.69, 9.17) is 10.5 Å². The number of fused-ring (bicyclic) bond motifs is 1. The Bertz CT molecular complexity index is 476. The van der Waals surface area contributed by atoms with E-state index >= 15 is 0 Å². The summed E-state index contributed by atoms with van der Waals surface area (Å²) in [7, 11) is 0. The molecule has 2 N–H and O–H groups in total. The van der Waals surface area contributed by atoms with Crippen molar-refractivity contribution < 1.29 is 4.74 Å². The molecule has 0 bridgehead atoms. The molecular weight excluding hydrogens is 260 g/mol. The Morgan fingerprint density at radius 1 is 1.33 bits per heavy atom. The predicted octanol–water partition coefficient (Wildman–Crippen LogP) is 3.57.